The highest BCUT2D eigenvalue weighted by molar-refractivity contribution is 7.20. The molecule has 25 heavy (non-hydrogen) atoms. The first-order valence-electron chi connectivity index (χ1n) is 8.19. The van der Waals surface area contributed by atoms with E-state index in [-0.39, 0.29) is 6.03 Å². The third-order valence-electron chi connectivity index (χ3n) is 4.06. The smallest absolute Gasteiger partial charge is 0.318 e. The highest BCUT2D eigenvalue weighted by atomic mass is 32.1. The minimum atomic E-state index is -0.0305. The fraction of sp³-hybridized carbons (Fsp3) is 0.353. The quantitative estimate of drug-likeness (QED) is 0.719. The molecule has 8 heteroatoms. The van der Waals surface area contributed by atoms with Crippen molar-refractivity contribution in [1.82, 2.24) is 25.0 Å². The molecule has 0 aliphatic heterocycles. The molecule has 6 nitrogen and oxygen atoms in total. The van der Waals surface area contributed by atoms with Crippen molar-refractivity contribution >= 4 is 28.7 Å². The number of carbonyl (C=O) groups is 1. The molecule has 0 aromatic carbocycles. The number of hydrogen-bond acceptors (Lipinski definition) is 5. The van der Waals surface area contributed by atoms with Crippen LogP contribution in [0.4, 0.5) is 4.79 Å². The maximum absolute atomic E-state index is 12.6. The first-order valence-corrected chi connectivity index (χ1v) is 9.95. The van der Waals surface area contributed by atoms with E-state index < -0.39 is 0 Å². The molecule has 0 saturated heterocycles. The number of nitrogens with zero attached hydrogens (tertiary/aromatic N) is 4. The summed E-state index contributed by atoms with van der Waals surface area (Å²) in [6, 6.07) is 4.40. The molecule has 4 rings (SSSR count). The molecule has 0 unspecified atom stereocenters. The van der Waals surface area contributed by atoms with Crippen molar-refractivity contribution in [3.05, 3.63) is 46.5 Å². The monoisotopic (exact) mass is 373 g/mol. The van der Waals surface area contributed by atoms with Gasteiger partial charge in [0.2, 0.25) is 0 Å². The van der Waals surface area contributed by atoms with E-state index in [0.29, 0.717) is 19.1 Å². The Kier molecular flexibility index (Phi) is 4.54. The molecule has 130 valence electrons. The molecule has 0 radical (unpaired) electrons. The van der Waals surface area contributed by atoms with Crippen molar-refractivity contribution in [2.45, 2.75) is 32.0 Å². The Balaban J connectivity index is 1.37. The Morgan fingerprint density at radius 1 is 1.44 bits per heavy atom. The molecular weight excluding hydrogens is 354 g/mol. The largest absolute Gasteiger partial charge is 0.332 e. The Bertz CT molecular complexity index is 850. The maximum Gasteiger partial charge on any atom is 0.318 e. The van der Waals surface area contributed by atoms with Gasteiger partial charge in [0.25, 0.3) is 0 Å². The lowest BCUT2D eigenvalue weighted by Gasteiger charge is -2.22. The van der Waals surface area contributed by atoms with Crippen molar-refractivity contribution in [3.63, 3.8) is 0 Å². The lowest BCUT2D eigenvalue weighted by molar-refractivity contribution is 0.191. The molecule has 3 aromatic heterocycles. The number of nitrogens with one attached hydrogen (secondary N) is 1. The van der Waals surface area contributed by atoms with Crippen LogP contribution in [0.5, 0.6) is 0 Å². The molecule has 3 aromatic rings. The number of amides is 2. The van der Waals surface area contributed by atoms with Gasteiger partial charge < -0.3 is 10.2 Å². The number of thiazole rings is 1. The fourth-order valence-electron chi connectivity index (χ4n) is 2.67. The van der Waals surface area contributed by atoms with Gasteiger partial charge >= 0.3 is 6.03 Å². The summed E-state index contributed by atoms with van der Waals surface area (Å²) in [6.45, 7) is 1.05. The summed E-state index contributed by atoms with van der Waals surface area (Å²) >= 11 is 3.29. The molecule has 1 N–H and O–H groups in total. The first-order chi connectivity index (χ1) is 12.2. The summed E-state index contributed by atoms with van der Waals surface area (Å²) in [5.74, 6) is 0. The van der Waals surface area contributed by atoms with E-state index >= 15 is 0 Å². The minimum Gasteiger partial charge on any atom is -0.332 e. The number of hydrogen-bond donors (Lipinski definition) is 1. The van der Waals surface area contributed by atoms with Crippen LogP contribution in [0, 0.1) is 0 Å². The van der Waals surface area contributed by atoms with Gasteiger partial charge in [0.05, 0.1) is 29.9 Å². The Hall–Kier alpha value is -2.19. The summed E-state index contributed by atoms with van der Waals surface area (Å²) in [4.78, 5) is 20.3. The third kappa shape index (κ3) is 3.91. The van der Waals surface area contributed by atoms with Crippen molar-refractivity contribution in [2.75, 3.05) is 0 Å². The summed E-state index contributed by atoms with van der Waals surface area (Å²) in [7, 11) is 1.89. The van der Waals surface area contributed by atoms with Crippen LogP contribution in [-0.4, -0.2) is 31.7 Å². The molecule has 0 spiro atoms. The van der Waals surface area contributed by atoms with Crippen LogP contribution in [0.2, 0.25) is 0 Å². The van der Waals surface area contributed by atoms with Gasteiger partial charge in [-0.2, -0.15) is 5.10 Å². The van der Waals surface area contributed by atoms with Gasteiger partial charge in [-0.05, 0) is 24.3 Å². The molecule has 3 heterocycles. The van der Waals surface area contributed by atoms with Crippen LogP contribution in [0.3, 0.4) is 0 Å². The Morgan fingerprint density at radius 2 is 2.32 bits per heavy atom. The predicted octanol–water partition coefficient (Wildman–Crippen LogP) is 3.48. The number of aromatic nitrogens is 3. The maximum atomic E-state index is 12.6. The van der Waals surface area contributed by atoms with Crippen LogP contribution in [0.15, 0.2) is 35.3 Å². The van der Waals surface area contributed by atoms with E-state index in [9.17, 15) is 4.79 Å². The average Bonchev–Trinajstić information content (AvgIpc) is 3.02. The molecule has 2 amide bonds. The number of urea groups is 1. The standard InChI is InChI=1S/C17H19N5OS2/c1-21-9-12(7-19-21)10-22(14-4-5-14)17(23)18-8-13-11-25-16(20-13)15-3-2-6-24-15/h2-3,6-7,9,11,14H,4-5,8,10H2,1H3,(H,18,23). The number of thiophene rings is 1. The first kappa shape index (κ1) is 16.3. The van der Waals surface area contributed by atoms with Crippen LogP contribution >= 0.6 is 22.7 Å². The van der Waals surface area contributed by atoms with Crippen LogP contribution in [0.1, 0.15) is 24.1 Å². The van der Waals surface area contributed by atoms with Crippen molar-refractivity contribution in [2.24, 2.45) is 7.05 Å². The predicted molar refractivity (Wildman–Crippen MR) is 99.4 cm³/mol. The second kappa shape index (κ2) is 6.97. The SMILES string of the molecule is Cn1cc(CN(C(=O)NCc2csc(-c3cccs3)n2)C2CC2)cn1. The minimum absolute atomic E-state index is 0.0305. The topological polar surface area (TPSA) is 63.1 Å². The van der Waals surface area contributed by atoms with Crippen molar-refractivity contribution in [1.29, 1.82) is 0 Å². The van der Waals surface area contributed by atoms with E-state index in [0.717, 1.165) is 29.1 Å². The van der Waals surface area contributed by atoms with Gasteiger partial charge in [-0.3, -0.25) is 4.68 Å². The summed E-state index contributed by atoms with van der Waals surface area (Å²) in [5.41, 5.74) is 1.96. The van der Waals surface area contributed by atoms with E-state index in [1.54, 1.807) is 27.4 Å². The number of rotatable bonds is 6. The lowest BCUT2D eigenvalue weighted by atomic mass is 10.3. The highest BCUT2D eigenvalue weighted by Crippen LogP contribution is 2.29. The molecule has 1 fully saturated rings. The zero-order valence-corrected chi connectivity index (χ0v) is 15.5. The summed E-state index contributed by atoms with van der Waals surface area (Å²) < 4.78 is 1.76. The zero-order valence-electron chi connectivity index (χ0n) is 13.9. The summed E-state index contributed by atoms with van der Waals surface area (Å²) in [5, 5.41) is 12.3. The van der Waals surface area contributed by atoms with E-state index in [4.69, 9.17) is 0 Å². The van der Waals surface area contributed by atoms with Gasteiger partial charge in [0.1, 0.15) is 5.01 Å². The molecule has 0 atom stereocenters. The van der Waals surface area contributed by atoms with Crippen molar-refractivity contribution in [3.8, 4) is 9.88 Å². The Morgan fingerprint density at radius 3 is 3.00 bits per heavy atom. The zero-order chi connectivity index (χ0) is 17.2. The van der Waals surface area contributed by atoms with Gasteiger partial charge in [-0.15, -0.1) is 22.7 Å². The van der Waals surface area contributed by atoms with Crippen LogP contribution < -0.4 is 5.32 Å². The van der Waals surface area contributed by atoms with E-state index in [2.05, 4.69) is 21.5 Å². The van der Waals surface area contributed by atoms with E-state index in [1.165, 1.54) is 4.88 Å². The molecule has 0 bridgehead atoms. The highest BCUT2D eigenvalue weighted by Gasteiger charge is 2.32. The molecule has 1 aliphatic carbocycles. The van der Waals surface area contributed by atoms with Crippen LogP contribution in [0.25, 0.3) is 9.88 Å². The second-order valence-electron chi connectivity index (χ2n) is 6.16. The lowest BCUT2D eigenvalue weighted by Crippen LogP contribution is -2.40. The summed E-state index contributed by atoms with van der Waals surface area (Å²) in [6.07, 6.45) is 5.92. The number of carbonyl (C=O) groups excluding carboxylic acids is 1. The third-order valence-corrected chi connectivity index (χ3v) is 5.99. The van der Waals surface area contributed by atoms with Crippen LogP contribution in [-0.2, 0) is 20.1 Å². The van der Waals surface area contributed by atoms with Gasteiger partial charge in [0, 0.05) is 30.2 Å². The van der Waals surface area contributed by atoms with Gasteiger partial charge in [-0.25, -0.2) is 9.78 Å². The number of aryl methyl sites for hydroxylation is 1. The van der Waals surface area contributed by atoms with Gasteiger partial charge in [0.15, 0.2) is 0 Å². The van der Waals surface area contributed by atoms with Gasteiger partial charge in [-0.1, -0.05) is 6.07 Å². The van der Waals surface area contributed by atoms with Crippen molar-refractivity contribution < 1.29 is 4.79 Å². The molecular formula is C17H19N5OS2. The normalized spacial score (nSPS) is 13.8. The molecule has 1 saturated carbocycles. The Labute approximate surface area is 154 Å². The second-order valence-corrected chi connectivity index (χ2v) is 7.97. The average molecular weight is 374 g/mol. The van der Waals surface area contributed by atoms with E-state index in [1.807, 2.05) is 41.2 Å². The molecule has 1 aliphatic rings. The fourth-order valence-corrected chi connectivity index (χ4v) is 4.31.